The molecule has 0 saturated carbocycles. The van der Waals surface area contributed by atoms with Crippen molar-refractivity contribution >= 4 is 44.7 Å². The highest BCUT2D eigenvalue weighted by Crippen LogP contribution is 2.45. The molecule has 0 spiro atoms. The molecule has 32 heavy (non-hydrogen) atoms. The lowest BCUT2D eigenvalue weighted by atomic mass is 9.78. The third-order valence-corrected chi connectivity index (χ3v) is 6.75. The van der Waals surface area contributed by atoms with Crippen LogP contribution in [0.2, 0.25) is 0 Å². The quantitative estimate of drug-likeness (QED) is 0.320. The lowest BCUT2D eigenvalue weighted by molar-refractivity contribution is 0.0929. The Kier molecular flexibility index (Phi) is 5.93. The molecule has 0 saturated heterocycles. The number of hydrogen-bond acceptors (Lipinski definition) is 4. The lowest BCUT2D eigenvalue weighted by Gasteiger charge is -2.50. The predicted octanol–water partition coefficient (Wildman–Crippen LogP) is 6.77. The molecule has 4 rings (SSSR count). The van der Waals surface area contributed by atoms with Crippen LogP contribution in [0.15, 0.2) is 50.4 Å². The minimum Gasteiger partial charge on any atom is -0.451 e. The van der Waals surface area contributed by atoms with E-state index in [4.69, 9.17) is 4.42 Å². The SMILES string of the molecule is Cc1cc2c(cc1/C=N/NC(=O)c1cc3cc(Br)ccc3o1)[C@@H](C)CC(C)(C)N2C(C)C. The molecule has 0 fully saturated rings. The highest BCUT2D eigenvalue weighted by Gasteiger charge is 2.37. The van der Waals surface area contributed by atoms with Crippen LogP contribution in [0.25, 0.3) is 11.0 Å². The predicted molar refractivity (Wildman–Crippen MR) is 135 cm³/mol. The van der Waals surface area contributed by atoms with Gasteiger partial charge in [0, 0.05) is 27.1 Å². The molecule has 0 radical (unpaired) electrons. The van der Waals surface area contributed by atoms with Crippen molar-refractivity contribution in [1.29, 1.82) is 0 Å². The van der Waals surface area contributed by atoms with Gasteiger partial charge in [0.25, 0.3) is 0 Å². The molecule has 5 nitrogen and oxygen atoms in total. The van der Waals surface area contributed by atoms with Crippen molar-refractivity contribution in [3.63, 3.8) is 0 Å². The number of fused-ring (bicyclic) bond motifs is 2. The second-order valence-electron chi connectivity index (χ2n) is 9.64. The molecule has 6 heteroatoms. The van der Waals surface area contributed by atoms with Crippen LogP contribution in [0, 0.1) is 6.92 Å². The molecule has 1 aromatic heterocycles. The summed E-state index contributed by atoms with van der Waals surface area (Å²) in [4.78, 5) is 15.0. The van der Waals surface area contributed by atoms with Gasteiger partial charge in [-0.25, -0.2) is 5.43 Å². The number of halogens is 1. The number of rotatable bonds is 4. The summed E-state index contributed by atoms with van der Waals surface area (Å²) < 4.78 is 6.58. The van der Waals surface area contributed by atoms with Crippen LogP contribution in [0.5, 0.6) is 0 Å². The van der Waals surface area contributed by atoms with E-state index in [0.29, 0.717) is 17.5 Å². The Hall–Kier alpha value is -2.60. The Morgan fingerprint density at radius 1 is 1.28 bits per heavy atom. The van der Waals surface area contributed by atoms with Crippen molar-refractivity contribution < 1.29 is 9.21 Å². The number of carbonyl (C=O) groups excluding carboxylic acids is 1. The van der Waals surface area contributed by atoms with Crippen molar-refractivity contribution in [2.45, 2.75) is 65.5 Å². The number of furan rings is 1. The monoisotopic (exact) mass is 495 g/mol. The van der Waals surface area contributed by atoms with E-state index < -0.39 is 0 Å². The summed E-state index contributed by atoms with van der Waals surface area (Å²) in [5, 5.41) is 5.08. The Morgan fingerprint density at radius 3 is 2.75 bits per heavy atom. The average Bonchev–Trinajstić information content (AvgIpc) is 3.11. The third kappa shape index (κ3) is 4.20. The summed E-state index contributed by atoms with van der Waals surface area (Å²) >= 11 is 3.43. The Labute approximate surface area is 198 Å². The van der Waals surface area contributed by atoms with Crippen LogP contribution in [0.3, 0.4) is 0 Å². The second-order valence-corrected chi connectivity index (χ2v) is 10.6. The maximum atomic E-state index is 12.5. The van der Waals surface area contributed by atoms with Crippen LogP contribution >= 0.6 is 15.9 Å². The zero-order valence-electron chi connectivity index (χ0n) is 19.5. The number of anilines is 1. The normalized spacial score (nSPS) is 17.9. The Bertz CT molecular complexity index is 1210. The summed E-state index contributed by atoms with van der Waals surface area (Å²) in [5.41, 5.74) is 8.14. The fraction of sp³-hybridized carbons (Fsp3) is 0.385. The molecule has 0 aliphatic carbocycles. The second kappa shape index (κ2) is 8.39. The van der Waals surface area contributed by atoms with Gasteiger partial charge >= 0.3 is 5.91 Å². The molecule has 2 heterocycles. The zero-order valence-corrected chi connectivity index (χ0v) is 21.1. The van der Waals surface area contributed by atoms with Gasteiger partial charge in [-0.3, -0.25) is 4.79 Å². The van der Waals surface area contributed by atoms with Crippen molar-refractivity contribution in [3.05, 3.63) is 63.3 Å². The van der Waals surface area contributed by atoms with Crippen LogP contribution in [0.4, 0.5) is 5.69 Å². The van der Waals surface area contributed by atoms with E-state index in [1.54, 1.807) is 12.3 Å². The maximum absolute atomic E-state index is 12.5. The van der Waals surface area contributed by atoms with Gasteiger partial charge in [0.1, 0.15) is 5.58 Å². The summed E-state index contributed by atoms with van der Waals surface area (Å²) in [6.07, 6.45) is 2.82. The van der Waals surface area contributed by atoms with E-state index in [2.05, 4.69) is 85.0 Å². The molecular formula is C26H30BrN3O2. The summed E-state index contributed by atoms with van der Waals surface area (Å²) in [7, 11) is 0. The maximum Gasteiger partial charge on any atom is 0.307 e. The number of nitrogens with one attached hydrogen (secondary N) is 1. The molecular weight excluding hydrogens is 466 g/mol. The molecule has 0 unspecified atom stereocenters. The third-order valence-electron chi connectivity index (χ3n) is 6.25. The van der Waals surface area contributed by atoms with E-state index in [9.17, 15) is 4.79 Å². The van der Waals surface area contributed by atoms with Crippen molar-refractivity contribution in [1.82, 2.24) is 5.43 Å². The molecule has 0 bridgehead atoms. The van der Waals surface area contributed by atoms with Gasteiger partial charge < -0.3 is 9.32 Å². The van der Waals surface area contributed by atoms with Gasteiger partial charge in [0.15, 0.2) is 5.76 Å². The Morgan fingerprint density at radius 2 is 2.03 bits per heavy atom. The van der Waals surface area contributed by atoms with Crippen molar-refractivity contribution in [2.75, 3.05) is 4.90 Å². The summed E-state index contributed by atoms with van der Waals surface area (Å²) in [6.45, 7) is 13.5. The van der Waals surface area contributed by atoms with Gasteiger partial charge in [-0.15, -0.1) is 0 Å². The fourth-order valence-electron chi connectivity index (χ4n) is 5.07. The molecule has 1 amide bonds. The molecule has 3 aromatic rings. The van der Waals surface area contributed by atoms with Crippen molar-refractivity contribution in [2.24, 2.45) is 5.10 Å². The number of hydrazone groups is 1. The first-order chi connectivity index (χ1) is 15.1. The first kappa shape index (κ1) is 22.6. The minimum atomic E-state index is -0.370. The standard InChI is InChI=1S/C26H30BrN3O2/c1-15(2)30-22-9-16(3)19(11-21(22)17(4)13-26(30,5)6)14-28-29-25(31)24-12-18-10-20(27)7-8-23(18)32-24/h7-12,14-15,17H,13H2,1-6H3,(H,29,31)/b28-14+/t17-/m0/s1. The Balaban J connectivity index is 1.57. The van der Waals surface area contributed by atoms with E-state index in [-0.39, 0.29) is 17.2 Å². The average molecular weight is 496 g/mol. The van der Waals surface area contributed by atoms with Gasteiger partial charge in [0.05, 0.1) is 6.21 Å². The van der Waals surface area contributed by atoms with Gasteiger partial charge in [-0.05, 0) is 100 Å². The zero-order chi connectivity index (χ0) is 23.2. The summed E-state index contributed by atoms with van der Waals surface area (Å²) in [6, 6.07) is 12.2. The van der Waals surface area contributed by atoms with Gasteiger partial charge in [0.2, 0.25) is 0 Å². The van der Waals surface area contributed by atoms with E-state index in [1.807, 2.05) is 18.2 Å². The number of aryl methyl sites for hydroxylation is 1. The van der Waals surface area contributed by atoms with Crippen LogP contribution in [-0.2, 0) is 0 Å². The van der Waals surface area contributed by atoms with Crippen LogP contribution in [-0.4, -0.2) is 23.7 Å². The number of amides is 1. The number of hydrogen-bond donors (Lipinski definition) is 1. The molecule has 168 valence electrons. The summed E-state index contributed by atoms with van der Waals surface area (Å²) in [5.74, 6) is 0.318. The molecule has 1 atom stereocenters. The highest BCUT2D eigenvalue weighted by molar-refractivity contribution is 9.10. The smallest absolute Gasteiger partial charge is 0.307 e. The largest absolute Gasteiger partial charge is 0.451 e. The topological polar surface area (TPSA) is 57.8 Å². The highest BCUT2D eigenvalue weighted by atomic mass is 79.9. The molecule has 2 aromatic carbocycles. The molecule has 1 N–H and O–H groups in total. The van der Waals surface area contributed by atoms with Crippen molar-refractivity contribution in [3.8, 4) is 0 Å². The van der Waals surface area contributed by atoms with Gasteiger partial charge in [-0.1, -0.05) is 22.9 Å². The minimum absolute atomic E-state index is 0.110. The van der Waals surface area contributed by atoms with E-state index in [1.165, 1.54) is 11.3 Å². The molecule has 1 aliphatic rings. The van der Waals surface area contributed by atoms with Crippen LogP contribution < -0.4 is 10.3 Å². The first-order valence-electron chi connectivity index (χ1n) is 11.0. The number of nitrogens with zero attached hydrogens (tertiary/aromatic N) is 2. The van der Waals surface area contributed by atoms with E-state index in [0.717, 1.165) is 27.4 Å². The fourth-order valence-corrected chi connectivity index (χ4v) is 5.45. The number of benzene rings is 2. The van der Waals surface area contributed by atoms with E-state index >= 15 is 0 Å². The van der Waals surface area contributed by atoms with Crippen LogP contribution in [0.1, 0.15) is 74.2 Å². The lowest BCUT2D eigenvalue weighted by Crippen LogP contribution is -2.51. The first-order valence-corrected chi connectivity index (χ1v) is 11.8. The molecule has 1 aliphatic heterocycles. The van der Waals surface area contributed by atoms with Gasteiger partial charge in [-0.2, -0.15) is 5.10 Å². The number of carbonyl (C=O) groups is 1.